The molecule has 1 aliphatic carbocycles. The Kier molecular flexibility index (Phi) is 3.44. The van der Waals surface area contributed by atoms with Crippen LogP contribution in [0.5, 0.6) is 0 Å². The maximum Gasteiger partial charge on any atom is 0.250 e. The van der Waals surface area contributed by atoms with E-state index in [1.54, 1.807) is 6.07 Å². The summed E-state index contributed by atoms with van der Waals surface area (Å²) in [5, 5.41) is 1.11. The monoisotopic (exact) mass is 416 g/mol. The summed E-state index contributed by atoms with van der Waals surface area (Å²) in [5.74, 6) is -0.388. The first kappa shape index (κ1) is 14.8. The van der Waals surface area contributed by atoms with E-state index >= 15 is 0 Å². The van der Waals surface area contributed by atoms with Crippen molar-refractivity contribution >= 4 is 39.4 Å². The Morgan fingerprint density at radius 3 is 2.48 bits per heavy atom. The molecule has 1 aliphatic rings. The number of aromatic amines is 1. The maximum absolute atomic E-state index is 11.7. The van der Waals surface area contributed by atoms with Crippen molar-refractivity contribution in [3.8, 4) is 0 Å². The largest absolute Gasteiger partial charge is 0.366 e. The van der Waals surface area contributed by atoms with Crippen molar-refractivity contribution in [2.75, 3.05) is 0 Å². The van der Waals surface area contributed by atoms with Gasteiger partial charge in [-0.2, -0.15) is 0 Å². The average molecular weight is 416 g/mol. The smallest absolute Gasteiger partial charge is 0.250 e. The second-order valence-electron chi connectivity index (χ2n) is 6.24. The van der Waals surface area contributed by atoms with Crippen molar-refractivity contribution in [3.05, 3.63) is 68.9 Å². The Bertz CT molecular complexity index is 891. The number of fused-ring (bicyclic) bond motifs is 1. The number of nitrogens with two attached hydrogens (primary N) is 1. The van der Waals surface area contributed by atoms with Crippen molar-refractivity contribution in [1.29, 1.82) is 0 Å². The molecule has 1 fully saturated rings. The van der Waals surface area contributed by atoms with E-state index < -0.39 is 0 Å². The summed E-state index contributed by atoms with van der Waals surface area (Å²) in [6.07, 6.45) is 5.57. The van der Waals surface area contributed by atoms with Gasteiger partial charge < -0.3 is 10.7 Å². The Balaban J connectivity index is 1.92. The van der Waals surface area contributed by atoms with Crippen LogP contribution in [0.2, 0.25) is 0 Å². The molecule has 1 heterocycles. The van der Waals surface area contributed by atoms with Crippen LogP contribution in [-0.2, 0) is 5.41 Å². The Morgan fingerprint density at radius 2 is 1.87 bits per heavy atom. The molecule has 0 saturated heterocycles. The lowest BCUT2D eigenvalue weighted by atomic mass is 9.60. The van der Waals surface area contributed by atoms with Crippen molar-refractivity contribution in [1.82, 2.24) is 4.98 Å². The number of para-hydroxylation sites is 1. The fourth-order valence-electron chi connectivity index (χ4n) is 3.77. The highest BCUT2D eigenvalue weighted by Crippen LogP contribution is 2.51. The quantitative estimate of drug-likeness (QED) is 0.614. The molecular weight excluding hydrogens is 399 g/mol. The highest BCUT2D eigenvalue weighted by Gasteiger charge is 2.42. The molecule has 0 aliphatic heterocycles. The second-order valence-corrected chi connectivity index (χ2v) is 7.48. The maximum atomic E-state index is 11.7. The Labute approximate surface area is 148 Å². The summed E-state index contributed by atoms with van der Waals surface area (Å²) in [6, 6.07) is 14.6. The van der Waals surface area contributed by atoms with Crippen molar-refractivity contribution in [2.45, 2.75) is 24.7 Å². The lowest BCUT2D eigenvalue weighted by Crippen LogP contribution is -2.35. The number of aromatic nitrogens is 1. The van der Waals surface area contributed by atoms with Gasteiger partial charge in [-0.3, -0.25) is 4.79 Å². The summed E-state index contributed by atoms with van der Waals surface area (Å²) in [7, 11) is 0. The zero-order valence-corrected chi connectivity index (χ0v) is 14.8. The molecule has 1 amide bonds. The molecule has 0 bridgehead atoms. The second kappa shape index (κ2) is 5.37. The van der Waals surface area contributed by atoms with Crippen LogP contribution in [-0.4, -0.2) is 10.9 Å². The molecule has 116 valence electrons. The first-order valence-electron chi connectivity index (χ1n) is 7.78. The summed E-state index contributed by atoms with van der Waals surface area (Å²) < 4.78 is 1.25. The molecular formula is C19H17IN2O. The van der Waals surface area contributed by atoms with Gasteiger partial charge in [-0.1, -0.05) is 30.7 Å². The SMILES string of the molecule is NC(=O)c1cccc2c(C3(c4ccc(I)cc4)CCC3)c[nH]c12. The van der Waals surface area contributed by atoms with Gasteiger partial charge in [0, 0.05) is 20.6 Å². The normalized spacial score (nSPS) is 16.2. The molecule has 1 saturated carbocycles. The highest BCUT2D eigenvalue weighted by molar-refractivity contribution is 14.1. The van der Waals surface area contributed by atoms with E-state index in [1.807, 2.05) is 6.07 Å². The van der Waals surface area contributed by atoms with Crippen molar-refractivity contribution < 1.29 is 4.79 Å². The van der Waals surface area contributed by atoms with Crippen molar-refractivity contribution in [3.63, 3.8) is 0 Å². The first-order valence-corrected chi connectivity index (χ1v) is 8.86. The minimum atomic E-state index is -0.388. The van der Waals surface area contributed by atoms with Crippen LogP contribution in [0.4, 0.5) is 0 Å². The summed E-state index contributed by atoms with van der Waals surface area (Å²) in [6.45, 7) is 0. The standard InChI is InChI=1S/C19H17IN2O/c20-13-7-5-12(6-8-13)19(9-2-10-19)16-11-22-17-14(16)3-1-4-15(17)18(21)23/h1,3-8,11,22H,2,9-10H2,(H2,21,23). The fourth-order valence-corrected chi connectivity index (χ4v) is 4.13. The molecule has 0 unspecified atom stereocenters. The van der Waals surface area contributed by atoms with Gasteiger partial charge in [0.15, 0.2) is 0 Å². The molecule has 1 aromatic heterocycles. The van der Waals surface area contributed by atoms with Gasteiger partial charge in [-0.05, 0) is 64.8 Å². The number of amides is 1. The van der Waals surface area contributed by atoms with Crippen LogP contribution in [0.3, 0.4) is 0 Å². The number of primary amides is 1. The molecule has 4 rings (SSSR count). The lowest BCUT2D eigenvalue weighted by Gasteiger charge is -2.42. The average Bonchev–Trinajstić information content (AvgIpc) is 2.92. The molecule has 0 atom stereocenters. The van der Waals surface area contributed by atoms with E-state index in [0.29, 0.717) is 5.56 Å². The number of rotatable bonds is 3. The number of hydrogen-bond acceptors (Lipinski definition) is 1. The minimum absolute atomic E-state index is 0.0544. The molecule has 4 heteroatoms. The predicted octanol–water partition coefficient (Wildman–Crippen LogP) is 4.34. The number of carbonyl (C=O) groups is 1. The van der Waals surface area contributed by atoms with Gasteiger partial charge in [-0.15, -0.1) is 0 Å². The summed E-state index contributed by atoms with van der Waals surface area (Å²) in [5.41, 5.74) is 9.62. The van der Waals surface area contributed by atoms with Crippen LogP contribution in [0, 0.1) is 3.57 Å². The van der Waals surface area contributed by atoms with Gasteiger partial charge in [-0.25, -0.2) is 0 Å². The zero-order valence-electron chi connectivity index (χ0n) is 12.6. The Hall–Kier alpha value is -1.82. The van der Waals surface area contributed by atoms with Crippen LogP contribution in [0.25, 0.3) is 10.9 Å². The summed E-state index contributed by atoms with van der Waals surface area (Å²) in [4.78, 5) is 15.0. The third kappa shape index (κ3) is 2.19. The zero-order chi connectivity index (χ0) is 16.0. The van der Waals surface area contributed by atoms with Gasteiger partial charge in [0.1, 0.15) is 0 Å². The summed E-state index contributed by atoms with van der Waals surface area (Å²) >= 11 is 2.34. The highest BCUT2D eigenvalue weighted by atomic mass is 127. The first-order chi connectivity index (χ1) is 11.1. The third-order valence-corrected chi connectivity index (χ3v) is 5.82. The molecule has 23 heavy (non-hydrogen) atoms. The number of benzene rings is 2. The van der Waals surface area contributed by atoms with Gasteiger partial charge in [0.05, 0.1) is 11.1 Å². The van der Waals surface area contributed by atoms with E-state index in [0.717, 1.165) is 23.7 Å². The van der Waals surface area contributed by atoms with E-state index in [2.05, 4.69) is 64.1 Å². The molecule has 2 aromatic carbocycles. The molecule has 0 radical (unpaired) electrons. The van der Waals surface area contributed by atoms with Gasteiger partial charge in [0.2, 0.25) is 0 Å². The lowest BCUT2D eigenvalue weighted by molar-refractivity contribution is 0.100. The number of halogens is 1. The third-order valence-electron chi connectivity index (χ3n) is 5.10. The van der Waals surface area contributed by atoms with E-state index in [9.17, 15) is 4.79 Å². The van der Waals surface area contributed by atoms with E-state index in [1.165, 1.54) is 21.1 Å². The van der Waals surface area contributed by atoms with E-state index in [-0.39, 0.29) is 11.3 Å². The van der Waals surface area contributed by atoms with Gasteiger partial charge >= 0.3 is 0 Å². The van der Waals surface area contributed by atoms with Gasteiger partial charge in [0.25, 0.3) is 5.91 Å². The number of nitrogens with one attached hydrogen (secondary N) is 1. The Morgan fingerprint density at radius 1 is 1.13 bits per heavy atom. The molecule has 0 spiro atoms. The van der Waals surface area contributed by atoms with Crippen molar-refractivity contribution in [2.24, 2.45) is 5.73 Å². The topological polar surface area (TPSA) is 58.9 Å². The molecule has 3 N–H and O–H groups in total. The van der Waals surface area contributed by atoms with E-state index in [4.69, 9.17) is 5.73 Å². The van der Waals surface area contributed by atoms with Crippen LogP contribution < -0.4 is 5.73 Å². The van der Waals surface area contributed by atoms with Crippen LogP contribution in [0.1, 0.15) is 40.7 Å². The fraction of sp³-hybridized carbons (Fsp3) is 0.211. The molecule has 3 nitrogen and oxygen atoms in total. The minimum Gasteiger partial charge on any atom is -0.366 e. The predicted molar refractivity (Wildman–Crippen MR) is 101 cm³/mol. The number of carbonyl (C=O) groups excluding carboxylic acids is 1. The van der Waals surface area contributed by atoms with Crippen LogP contribution in [0.15, 0.2) is 48.7 Å². The number of hydrogen-bond donors (Lipinski definition) is 2. The van der Waals surface area contributed by atoms with Crippen LogP contribution >= 0.6 is 22.6 Å². The number of H-pyrrole nitrogens is 1. The molecule has 3 aromatic rings.